The molecular weight excluding hydrogens is 277 g/mol. The van der Waals surface area contributed by atoms with Crippen LogP contribution in [0.2, 0.25) is 0 Å². The highest BCUT2D eigenvalue weighted by Crippen LogP contribution is 2.27. The fraction of sp³-hybridized carbons (Fsp3) is 0.214. The minimum absolute atomic E-state index is 0.189. The van der Waals surface area contributed by atoms with Gasteiger partial charge < -0.3 is 10.5 Å². The van der Waals surface area contributed by atoms with Crippen molar-refractivity contribution in [3.8, 4) is 11.6 Å². The molecule has 1 heterocycles. The van der Waals surface area contributed by atoms with Crippen molar-refractivity contribution in [2.75, 3.05) is 0 Å². The molecule has 0 radical (unpaired) electrons. The first kappa shape index (κ1) is 14.3. The Kier molecular flexibility index (Phi) is 3.94. The maximum atomic E-state index is 13.2. The summed E-state index contributed by atoms with van der Waals surface area (Å²) in [6, 6.07) is 4.43. The van der Waals surface area contributed by atoms with Crippen LogP contribution in [0.25, 0.3) is 0 Å². The van der Waals surface area contributed by atoms with Crippen LogP contribution >= 0.6 is 12.2 Å². The van der Waals surface area contributed by atoms with Crippen LogP contribution in [-0.2, 0) is 0 Å². The van der Waals surface area contributed by atoms with Crippen molar-refractivity contribution in [2.45, 2.75) is 20.8 Å². The molecular formula is C14H14FN3OS. The molecule has 2 rings (SSSR count). The van der Waals surface area contributed by atoms with Crippen molar-refractivity contribution in [1.82, 2.24) is 10.2 Å². The highest BCUT2D eigenvalue weighted by atomic mass is 32.1. The van der Waals surface area contributed by atoms with Crippen molar-refractivity contribution >= 4 is 17.2 Å². The molecule has 2 aromatic rings. The van der Waals surface area contributed by atoms with Crippen LogP contribution in [0.5, 0.6) is 11.6 Å². The Morgan fingerprint density at radius 2 is 1.95 bits per heavy atom. The molecule has 0 bridgehead atoms. The van der Waals surface area contributed by atoms with Gasteiger partial charge in [0.15, 0.2) is 0 Å². The molecule has 4 nitrogen and oxygen atoms in total. The molecule has 0 fully saturated rings. The first-order chi connectivity index (χ1) is 9.40. The van der Waals surface area contributed by atoms with E-state index in [1.54, 1.807) is 13.0 Å². The van der Waals surface area contributed by atoms with Gasteiger partial charge in [0.2, 0.25) is 5.88 Å². The van der Waals surface area contributed by atoms with Gasteiger partial charge in [-0.15, -0.1) is 5.10 Å². The quantitative estimate of drug-likeness (QED) is 0.881. The smallest absolute Gasteiger partial charge is 0.249 e. The fourth-order valence-electron chi connectivity index (χ4n) is 1.74. The maximum absolute atomic E-state index is 13.2. The van der Waals surface area contributed by atoms with E-state index in [9.17, 15) is 4.39 Å². The Morgan fingerprint density at radius 1 is 1.25 bits per heavy atom. The monoisotopic (exact) mass is 291 g/mol. The lowest BCUT2D eigenvalue weighted by Gasteiger charge is -2.12. The standard InChI is InChI=1S/C14H14FN3OS/c1-7-6-10(4-5-11(7)15)19-14-12(13(16)20)8(2)9(3)17-18-14/h4-6H,1-3H3,(H2,16,20). The Balaban J connectivity index is 2.45. The molecule has 0 aliphatic carbocycles. The van der Waals surface area contributed by atoms with Crippen molar-refractivity contribution < 1.29 is 9.13 Å². The summed E-state index contributed by atoms with van der Waals surface area (Å²) in [5, 5.41) is 7.97. The van der Waals surface area contributed by atoms with E-state index < -0.39 is 0 Å². The largest absolute Gasteiger partial charge is 0.437 e. The van der Waals surface area contributed by atoms with Crippen LogP contribution in [0, 0.1) is 26.6 Å². The zero-order chi connectivity index (χ0) is 14.9. The number of hydrogen-bond donors (Lipinski definition) is 1. The van der Waals surface area contributed by atoms with E-state index in [-0.39, 0.29) is 16.7 Å². The number of thiocarbonyl (C=S) groups is 1. The first-order valence-corrected chi connectivity index (χ1v) is 6.38. The number of benzene rings is 1. The van der Waals surface area contributed by atoms with Crippen LogP contribution in [0.15, 0.2) is 18.2 Å². The molecule has 0 atom stereocenters. The normalized spacial score (nSPS) is 10.4. The zero-order valence-electron chi connectivity index (χ0n) is 11.4. The number of nitrogens with two attached hydrogens (primary N) is 1. The molecule has 0 amide bonds. The van der Waals surface area contributed by atoms with Crippen LogP contribution in [0.3, 0.4) is 0 Å². The third-order valence-electron chi connectivity index (χ3n) is 3.01. The minimum Gasteiger partial charge on any atom is -0.437 e. The second-order valence-corrected chi connectivity index (χ2v) is 4.91. The number of nitrogens with zero attached hydrogens (tertiary/aromatic N) is 2. The Hall–Kier alpha value is -2.08. The van der Waals surface area contributed by atoms with Crippen molar-refractivity contribution in [3.63, 3.8) is 0 Å². The third-order valence-corrected chi connectivity index (χ3v) is 3.22. The summed E-state index contributed by atoms with van der Waals surface area (Å²) in [7, 11) is 0. The van der Waals surface area contributed by atoms with E-state index in [0.717, 1.165) is 11.3 Å². The number of rotatable bonds is 3. The third kappa shape index (κ3) is 2.75. The first-order valence-electron chi connectivity index (χ1n) is 5.98. The summed E-state index contributed by atoms with van der Waals surface area (Å²) in [5.41, 5.74) is 8.30. The zero-order valence-corrected chi connectivity index (χ0v) is 12.2. The average Bonchev–Trinajstić information content (AvgIpc) is 2.38. The van der Waals surface area contributed by atoms with Crippen LogP contribution < -0.4 is 10.5 Å². The predicted molar refractivity (Wildman–Crippen MR) is 78.6 cm³/mol. The number of aromatic nitrogens is 2. The lowest BCUT2D eigenvalue weighted by Crippen LogP contribution is -2.15. The molecule has 0 aliphatic heterocycles. The molecule has 0 saturated carbocycles. The maximum Gasteiger partial charge on any atom is 0.249 e. The van der Waals surface area contributed by atoms with E-state index >= 15 is 0 Å². The summed E-state index contributed by atoms with van der Waals surface area (Å²) in [6.45, 7) is 5.32. The molecule has 2 N–H and O–H groups in total. The summed E-state index contributed by atoms with van der Waals surface area (Å²) in [4.78, 5) is 0.189. The minimum atomic E-state index is -0.293. The van der Waals surface area contributed by atoms with Gasteiger partial charge in [0.05, 0.1) is 11.3 Å². The van der Waals surface area contributed by atoms with E-state index in [1.807, 2.05) is 13.8 Å². The van der Waals surface area contributed by atoms with Gasteiger partial charge in [-0.25, -0.2) is 4.39 Å². The lowest BCUT2D eigenvalue weighted by atomic mass is 10.1. The molecule has 0 saturated heterocycles. The van der Waals surface area contributed by atoms with E-state index in [1.165, 1.54) is 12.1 Å². The van der Waals surface area contributed by atoms with Gasteiger partial charge in [0, 0.05) is 0 Å². The highest BCUT2D eigenvalue weighted by Gasteiger charge is 2.16. The van der Waals surface area contributed by atoms with Gasteiger partial charge in [-0.2, -0.15) is 5.10 Å². The lowest BCUT2D eigenvalue weighted by molar-refractivity contribution is 0.450. The molecule has 1 aromatic heterocycles. The SMILES string of the molecule is Cc1cc(Oc2nnc(C)c(C)c2C(N)=S)ccc1F. The van der Waals surface area contributed by atoms with Crippen molar-refractivity contribution in [3.05, 3.63) is 46.4 Å². The molecule has 104 valence electrons. The van der Waals surface area contributed by atoms with Gasteiger partial charge in [-0.05, 0) is 50.1 Å². The Morgan fingerprint density at radius 3 is 2.55 bits per heavy atom. The number of hydrogen-bond acceptors (Lipinski definition) is 4. The second kappa shape index (κ2) is 5.50. The van der Waals surface area contributed by atoms with E-state index in [4.69, 9.17) is 22.7 Å². The second-order valence-electron chi connectivity index (χ2n) is 4.47. The van der Waals surface area contributed by atoms with E-state index in [0.29, 0.717) is 16.9 Å². The molecule has 0 spiro atoms. The summed E-state index contributed by atoms with van der Waals surface area (Å²) in [6.07, 6.45) is 0. The molecule has 0 aliphatic rings. The van der Waals surface area contributed by atoms with Gasteiger partial charge in [0.25, 0.3) is 0 Å². The molecule has 0 unspecified atom stereocenters. The van der Waals surface area contributed by atoms with Gasteiger partial charge in [0.1, 0.15) is 16.6 Å². The molecule has 1 aromatic carbocycles. The van der Waals surface area contributed by atoms with Crippen molar-refractivity contribution in [1.29, 1.82) is 0 Å². The Bertz CT molecular complexity index is 688. The summed E-state index contributed by atoms with van der Waals surface area (Å²) in [5.74, 6) is 0.392. The van der Waals surface area contributed by atoms with Crippen molar-refractivity contribution in [2.24, 2.45) is 5.73 Å². The van der Waals surface area contributed by atoms with Gasteiger partial charge in [-0.1, -0.05) is 12.2 Å². The Labute approximate surface area is 121 Å². The van der Waals surface area contributed by atoms with E-state index in [2.05, 4.69) is 10.2 Å². The molecule has 20 heavy (non-hydrogen) atoms. The highest BCUT2D eigenvalue weighted by molar-refractivity contribution is 7.80. The average molecular weight is 291 g/mol. The summed E-state index contributed by atoms with van der Waals surface area (Å²) >= 11 is 5.03. The number of halogens is 1. The predicted octanol–water partition coefficient (Wildman–Crippen LogP) is 2.97. The van der Waals surface area contributed by atoms with Crippen LogP contribution in [-0.4, -0.2) is 15.2 Å². The molecule has 6 heteroatoms. The van der Waals surface area contributed by atoms with Gasteiger partial charge >= 0.3 is 0 Å². The fourth-order valence-corrected chi connectivity index (χ4v) is 1.98. The number of ether oxygens (including phenoxy) is 1. The number of aryl methyl sites for hydroxylation is 2. The summed E-state index contributed by atoms with van der Waals surface area (Å²) < 4.78 is 18.9. The van der Waals surface area contributed by atoms with Crippen LogP contribution in [0.1, 0.15) is 22.4 Å². The van der Waals surface area contributed by atoms with Crippen LogP contribution in [0.4, 0.5) is 4.39 Å². The van der Waals surface area contributed by atoms with Gasteiger partial charge in [-0.3, -0.25) is 0 Å². The topological polar surface area (TPSA) is 61.0 Å².